The van der Waals surface area contributed by atoms with Crippen LogP contribution in [0.3, 0.4) is 0 Å². The summed E-state index contributed by atoms with van der Waals surface area (Å²) in [5.74, 6) is 1.27. The maximum Gasteiger partial charge on any atom is 0.277 e. The van der Waals surface area contributed by atoms with Gasteiger partial charge in [-0.2, -0.15) is 0 Å². The zero-order valence-corrected chi connectivity index (χ0v) is 18.9. The number of thioether (sulfide) groups is 1. The molecule has 6 nitrogen and oxygen atoms in total. The van der Waals surface area contributed by atoms with E-state index in [4.69, 9.17) is 9.15 Å². The van der Waals surface area contributed by atoms with Crippen LogP contribution in [0.1, 0.15) is 11.5 Å². The van der Waals surface area contributed by atoms with E-state index < -0.39 is 0 Å². The zero-order chi connectivity index (χ0) is 21.9. The Kier molecular flexibility index (Phi) is 5.87. The molecule has 0 atom stereocenters. The number of aromatic nitrogens is 2. The lowest BCUT2D eigenvalue weighted by Gasteiger charge is -2.30. The van der Waals surface area contributed by atoms with Crippen molar-refractivity contribution in [1.29, 1.82) is 0 Å². The zero-order valence-electron chi connectivity index (χ0n) is 17.2. The molecule has 1 aromatic heterocycles. The highest BCUT2D eigenvalue weighted by molar-refractivity contribution is 8.00. The van der Waals surface area contributed by atoms with Gasteiger partial charge in [0, 0.05) is 9.79 Å². The van der Waals surface area contributed by atoms with E-state index in [9.17, 15) is 4.79 Å². The molecule has 2 heterocycles. The van der Waals surface area contributed by atoms with Crippen molar-refractivity contribution in [2.24, 2.45) is 0 Å². The molecular weight excluding hydrogens is 442 g/mol. The second-order valence-corrected chi connectivity index (χ2v) is 9.08. The first-order chi connectivity index (χ1) is 15.7. The molecule has 1 aliphatic rings. The van der Waals surface area contributed by atoms with Crippen molar-refractivity contribution < 1.29 is 13.9 Å². The number of hydrogen-bond donors (Lipinski definition) is 0. The molecule has 0 radical (unpaired) electrons. The molecule has 5 rings (SSSR count). The molecule has 0 bridgehead atoms. The molecule has 32 heavy (non-hydrogen) atoms. The summed E-state index contributed by atoms with van der Waals surface area (Å²) >= 11 is 2.89. The van der Waals surface area contributed by atoms with Crippen LogP contribution >= 0.6 is 23.5 Å². The lowest BCUT2D eigenvalue weighted by molar-refractivity contribution is -0.115. The van der Waals surface area contributed by atoms with Gasteiger partial charge in [-0.25, -0.2) is 0 Å². The molecule has 0 saturated carbocycles. The smallest absolute Gasteiger partial charge is 0.277 e. The first-order valence-electron chi connectivity index (χ1n) is 10.0. The summed E-state index contributed by atoms with van der Waals surface area (Å²) in [5.41, 5.74) is 2.81. The Morgan fingerprint density at radius 1 is 0.969 bits per heavy atom. The Hall–Kier alpha value is -3.23. The van der Waals surface area contributed by atoms with Crippen LogP contribution in [0, 0.1) is 6.92 Å². The van der Waals surface area contributed by atoms with Crippen LogP contribution in [0.5, 0.6) is 5.75 Å². The van der Waals surface area contributed by atoms with Gasteiger partial charge in [-0.3, -0.25) is 9.69 Å². The molecular formula is C24H19N3O3S2. The summed E-state index contributed by atoms with van der Waals surface area (Å²) < 4.78 is 11.4. The van der Waals surface area contributed by atoms with Gasteiger partial charge in [0.15, 0.2) is 6.61 Å². The van der Waals surface area contributed by atoms with Crippen LogP contribution in [0.15, 0.2) is 92.2 Å². The largest absolute Gasteiger partial charge is 0.484 e. The minimum atomic E-state index is -0.0499. The van der Waals surface area contributed by atoms with Crippen LogP contribution < -0.4 is 9.64 Å². The van der Waals surface area contributed by atoms with E-state index in [1.807, 2.05) is 79.7 Å². The summed E-state index contributed by atoms with van der Waals surface area (Å²) in [5, 5.41) is 8.42. The standard InChI is InChI=1S/C24H19N3O3S2/c1-16-8-2-5-11-19(16)29-14-22-25-26-24(30-22)31-15-23(28)27-17-9-3-6-12-20(17)32-21-13-7-4-10-18(21)27/h2-13H,14-15H2,1H3. The van der Waals surface area contributed by atoms with Crippen molar-refractivity contribution in [3.8, 4) is 5.75 Å². The van der Waals surface area contributed by atoms with Crippen molar-refractivity contribution in [3.05, 3.63) is 84.3 Å². The number of carbonyl (C=O) groups is 1. The quantitative estimate of drug-likeness (QED) is 0.332. The Morgan fingerprint density at radius 3 is 2.34 bits per heavy atom. The minimum Gasteiger partial charge on any atom is -0.484 e. The van der Waals surface area contributed by atoms with Gasteiger partial charge in [-0.05, 0) is 42.8 Å². The Labute approximate surface area is 194 Å². The molecule has 0 spiro atoms. The molecule has 0 saturated heterocycles. The Morgan fingerprint density at radius 2 is 1.62 bits per heavy atom. The second kappa shape index (κ2) is 9.10. The van der Waals surface area contributed by atoms with Gasteiger partial charge in [0.25, 0.3) is 11.1 Å². The highest BCUT2D eigenvalue weighted by Gasteiger charge is 2.28. The highest BCUT2D eigenvalue weighted by atomic mass is 32.2. The van der Waals surface area contributed by atoms with Crippen molar-refractivity contribution in [2.75, 3.05) is 10.7 Å². The van der Waals surface area contributed by atoms with E-state index in [1.54, 1.807) is 16.7 Å². The molecule has 160 valence electrons. The van der Waals surface area contributed by atoms with E-state index in [1.165, 1.54) is 11.8 Å². The third kappa shape index (κ3) is 4.24. The summed E-state index contributed by atoms with van der Waals surface area (Å²) in [6, 6.07) is 23.6. The van der Waals surface area contributed by atoms with Crippen molar-refractivity contribution in [1.82, 2.24) is 10.2 Å². The fourth-order valence-corrected chi connectivity index (χ4v) is 5.06. The fourth-order valence-electron chi connectivity index (χ4n) is 3.37. The molecule has 4 aromatic rings. The molecule has 1 amide bonds. The van der Waals surface area contributed by atoms with Gasteiger partial charge >= 0.3 is 0 Å². The number of anilines is 2. The van der Waals surface area contributed by atoms with Gasteiger partial charge < -0.3 is 9.15 Å². The average molecular weight is 462 g/mol. The SMILES string of the molecule is Cc1ccccc1OCc1nnc(SCC(=O)N2c3ccccc3Sc3ccccc32)o1. The number of hydrogen-bond acceptors (Lipinski definition) is 7. The molecule has 0 unspecified atom stereocenters. The minimum absolute atomic E-state index is 0.0499. The van der Waals surface area contributed by atoms with E-state index in [2.05, 4.69) is 10.2 Å². The summed E-state index contributed by atoms with van der Waals surface area (Å²) in [6.45, 7) is 2.15. The van der Waals surface area contributed by atoms with Crippen LogP contribution in [-0.4, -0.2) is 21.9 Å². The molecule has 0 fully saturated rings. The van der Waals surface area contributed by atoms with Gasteiger partial charge in [0.1, 0.15) is 5.75 Å². The Balaban J connectivity index is 1.27. The Bertz CT molecular complexity index is 1230. The maximum atomic E-state index is 13.2. The van der Waals surface area contributed by atoms with Crippen molar-refractivity contribution in [2.45, 2.75) is 28.5 Å². The van der Waals surface area contributed by atoms with Crippen molar-refractivity contribution >= 4 is 40.8 Å². The molecule has 0 aliphatic carbocycles. The summed E-state index contributed by atoms with van der Waals surface area (Å²) in [6.07, 6.45) is 0. The van der Waals surface area contributed by atoms with E-state index in [0.29, 0.717) is 11.1 Å². The number of aryl methyl sites for hydroxylation is 1. The van der Waals surface area contributed by atoms with Crippen LogP contribution in [0.25, 0.3) is 0 Å². The molecule has 3 aromatic carbocycles. The molecule has 8 heteroatoms. The predicted molar refractivity (Wildman–Crippen MR) is 125 cm³/mol. The summed E-state index contributed by atoms with van der Waals surface area (Å²) in [7, 11) is 0. The van der Waals surface area contributed by atoms with Gasteiger partial charge in [0.2, 0.25) is 5.91 Å². The number of fused-ring (bicyclic) bond motifs is 2. The third-order valence-electron chi connectivity index (χ3n) is 4.89. The number of amides is 1. The number of nitrogens with zero attached hydrogens (tertiary/aromatic N) is 3. The summed E-state index contributed by atoms with van der Waals surface area (Å²) in [4.78, 5) is 17.1. The number of benzene rings is 3. The fraction of sp³-hybridized carbons (Fsp3) is 0.125. The second-order valence-electron chi connectivity index (χ2n) is 7.07. The van der Waals surface area contributed by atoms with Crippen LogP contribution in [-0.2, 0) is 11.4 Å². The van der Waals surface area contributed by atoms with E-state index in [0.717, 1.165) is 32.5 Å². The van der Waals surface area contributed by atoms with Gasteiger partial charge in [-0.15, -0.1) is 10.2 Å². The van der Waals surface area contributed by atoms with Gasteiger partial charge in [-0.1, -0.05) is 66.0 Å². The first kappa shape index (κ1) is 20.7. The van der Waals surface area contributed by atoms with E-state index >= 15 is 0 Å². The number of carbonyl (C=O) groups excluding carboxylic acids is 1. The maximum absolute atomic E-state index is 13.2. The number of para-hydroxylation sites is 3. The monoisotopic (exact) mass is 461 g/mol. The molecule has 0 N–H and O–H groups in total. The van der Waals surface area contributed by atoms with Crippen LogP contribution in [0.4, 0.5) is 11.4 Å². The van der Waals surface area contributed by atoms with Crippen molar-refractivity contribution in [3.63, 3.8) is 0 Å². The van der Waals surface area contributed by atoms with Crippen LogP contribution in [0.2, 0.25) is 0 Å². The van der Waals surface area contributed by atoms with Gasteiger partial charge in [0.05, 0.1) is 17.1 Å². The lowest BCUT2D eigenvalue weighted by atomic mass is 10.2. The predicted octanol–water partition coefficient (Wildman–Crippen LogP) is 5.88. The first-order valence-corrected chi connectivity index (χ1v) is 11.8. The number of ether oxygens (including phenoxy) is 1. The third-order valence-corrected chi connectivity index (χ3v) is 6.83. The highest BCUT2D eigenvalue weighted by Crippen LogP contribution is 2.48. The normalized spacial score (nSPS) is 12.2. The molecule has 1 aliphatic heterocycles. The lowest BCUT2D eigenvalue weighted by Crippen LogP contribution is -2.29. The average Bonchev–Trinajstić information content (AvgIpc) is 3.28. The van der Waals surface area contributed by atoms with E-state index in [-0.39, 0.29) is 18.3 Å². The number of rotatable bonds is 6. The topological polar surface area (TPSA) is 68.5 Å².